The number of Topliss-reactive ketones (excluding diaryl/α,β-unsaturated/α-hetero) is 2. The van der Waals surface area contributed by atoms with Crippen LogP contribution in [0.2, 0.25) is 0 Å². The van der Waals surface area contributed by atoms with E-state index in [0.717, 1.165) is 5.56 Å². The molecule has 2 aliphatic heterocycles. The molecule has 2 aliphatic rings. The van der Waals surface area contributed by atoms with Crippen LogP contribution < -0.4 is 37.6 Å². The van der Waals surface area contributed by atoms with Crippen molar-refractivity contribution >= 4 is 64.6 Å². The number of methoxy groups -OCH3 is 2. The summed E-state index contributed by atoms with van der Waals surface area (Å²) < 4.78 is 11.8. The minimum atomic E-state index is -0.908. The number of carbonyl (C=O) groups excluding carboxylic acids is 10. The third kappa shape index (κ3) is 24.6. The van der Waals surface area contributed by atoms with Crippen LogP contribution in [0.15, 0.2) is 54.6 Å². The Hall–Kier alpha value is -6.86. The Labute approximate surface area is 564 Å². The predicted molar refractivity (Wildman–Crippen MR) is 366 cm³/mol. The summed E-state index contributed by atoms with van der Waals surface area (Å²) in [6.45, 7) is 18.6. The van der Waals surface area contributed by atoms with Gasteiger partial charge < -0.3 is 66.8 Å². The van der Waals surface area contributed by atoms with E-state index < -0.39 is 76.8 Å². The molecule has 0 unspecified atom stereocenters. The van der Waals surface area contributed by atoms with Crippen LogP contribution in [0.5, 0.6) is 0 Å². The van der Waals surface area contributed by atoms with Crippen molar-refractivity contribution in [1.82, 2.24) is 41.3 Å². The van der Waals surface area contributed by atoms with Crippen molar-refractivity contribution < 1.29 is 62.1 Å². The number of ketones is 2. The number of likely N-dealkylation sites (tertiary alicyclic amines) is 2. The van der Waals surface area contributed by atoms with Gasteiger partial charge in [0.2, 0.25) is 41.4 Å². The van der Waals surface area contributed by atoms with Gasteiger partial charge in [-0.3, -0.25) is 48.1 Å². The summed E-state index contributed by atoms with van der Waals surface area (Å²) in [6, 6.07) is 12.4. The van der Waals surface area contributed by atoms with Gasteiger partial charge in [-0.15, -0.1) is 0 Å². The Kier molecular flexibility index (Phi) is 33.4. The lowest BCUT2D eigenvalue weighted by atomic mass is 9.85. The summed E-state index contributed by atoms with van der Waals surface area (Å²) in [5.74, 6) is -5.71. The van der Waals surface area contributed by atoms with E-state index in [0.29, 0.717) is 62.7 Å². The molecule has 9 amide bonds. The van der Waals surface area contributed by atoms with Crippen molar-refractivity contribution in [2.75, 3.05) is 80.5 Å². The first-order valence-corrected chi connectivity index (χ1v) is 34.4. The Morgan fingerprint density at radius 3 is 1.91 bits per heavy atom. The standard InChI is InChI=1S/C71H115N11O13/c1-16-47(8)64(80(13)70(91)62(45(4)5)78-69(90)63(46(6)7)79(11)12)58(94-14)42-60(86)81-35-21-26-55(81)65(95-15)48(9)56(83)41-53(39-49-23-18-17-19-24-49)67(88)75-43-50-28-30-54(31-29-50)76-68(89)52(25-20-34-74-71(72)92)40-57(84)61(44(2)3)77-59(85)27-22-36-82(93)37-32-51(33-38-82)66(87)73-10/h17-19,23-24,28-31,44-48,51-53,55,58,61-65H,16,20-22,25-27,32-43H2,1-15H3,(H,73,87)(H,75,88)(H,76,89)(H,77,85)(H,78,90)(H3,72,74,92)/t47-,48-,51?,52+,53+,55-,58+,61-,62-,63-,64-,65+,82?/m0/s1. The van der Waals surface area contributed by atoms with E-state index in [4.69, 9.17) is 15.2 Å². The fourth-order valence-corrected chi connectivity index (χ4v) is 13.7. The second-order valence-electron chi connectivity index (χ2n) is 27.7. The largest absolute Gasteiger partial charge is 0.633 e. The number of piperidine rings is 1. The number of primary amides is 1. The number of nitrogens with zero attached hydrogens (tertiary/aromatic N) is 4. The van der Waals surface area contributed by atoms with Crippen LogP contribution in [0.4, 0.5) is 10.5 Å². The first-order valence-electron chi connectivity index (χ1n) is 34.4. The maximum Gasteiger partial charge on any atom is 0.312 e. The molecule has 24 heteroatoms. The molecule has 0 aromatic heterocycles. The molecule has 0 spiro atoms. The van der Waals surface area contributed by atoms with Crippen molar-refractivity contribution in [3.8, 4) is 0 Å². The highest BCUT2D eigenvalue weighted by Crippen LogP contribution is 2.32. The van der Waals surface area contributed by atoms with Gasteiger partial charge in [0.15, 0.2) is 5.78 Å². The zero-order valence-electron chi connectivity index (χ0n) is 59.5. The van der Waals surface area contributed by atoms with Crippen LogP contribution in [0.3, 0.4) is 0 Å². The van der Waals surface area contributed by atoms with Crippen LogP contribution in [0, 0.1) is 52.6 Å². The molecular formula is C71H115N11O13. The van der Waals surface area contributed by atoms with Gasteiger partial charge in [-0.1, -0.05) is 111 Å². The molecular weight excluding hydrogens is 1210 g/mol. The Morgan fingerprint density at radius 1 is 0.716 bits per heavy atom. The minimum Gasteiger partial charge on any atom is -0.633 e. The third-order valence-corrected chi connectivity index (χ3v) is 19.4. The maximum absolute atomic E-state index is 14.7. The van der Waals surface area contributed by atoms with Crippen molar-refractivity contribution in [1.29, 1.82) is 0 Å². The molecule has 4 rings (SSSR count). The van der Waals surface area contributed by atoms with Gasteiger partial charge in [-0.25, -0.2) is 4.79 Å². The zero-order valence-corrected chi connectivity index (χ0v) is 59.5. The van der Waals surface area contributed by atoms with Crippen LogP contribution >= 0.6 is 0 Å². The molecule has 2 fully saturated rings. The first kappa shape index (κ1) is 80.6. The van der Waals surface area contributed by atoms with Gasteiger partial charge in [-0.05, 0) is 93.1 Å². The smallest absolute Gasteiger partial charge is 0.312 e. The average molecular weight is 1330 g/mol. The summed E-state index contributed by atoms with van der Waals surface area (Å²) >= 11 is 0. The monoisotopic (exact) mass is 1330 g/mol. The average Bonchev–Trinajstić information content (AvgIpc) is 1.80. The number of nitrogens with two attached hydrogens (primary N) is 1. The molecule has 2 aromatic rings. The number of hydrogen-bond donors (Lipinski definition) is 7. The molecule has 8 N–H and O–H groups in total. The number of ether oxygens (including phenoxy) is 2. The summed E-state index contributed by atoms with van der Waals surface area (Å²) in [5.41, 5.74) is 7.28. The van der Waals surface area contributed by atoms with Gasteiger partial charge in [-0.2, -0.15) is 0 Å². The Bertz CT molecular complexity index is 2800. The second-order valence-corrected chi connectivity index (χ2v) is 27.7. The van der Waals surface area contributed by atoms with Crippen LogP contribution in [0.25, 0.3) is 0 Å². The molecule has 0 aliphatic carbocycles. The van der Waals surface area contributed by atoms with Crippen molar-refractivity contribution in [2.24, 2.45) is 53.1 Å². The van der Waals surface area contributed by atoms with E-state index in [9.17, 15) is 53.2 Å². The molecule has 0 bridgehead atoms. The quantitative estimate of drug-likeness (QED) is 0.0225. The number of hydrogen-bond acceptors (Lipinski definition) is 14. The van der Waals surface area contributed by atoms with Gasteiger partial charge in [0.1, 0.15) is 11.8 Å². The second kappa shape index (κ2) is 39.4. The summed E-state index contributed by atoms with van der Waals surface area (Å²) in [6.07, 6.45) is 2.24. The number of hydroxylamine groups is 3. The molecule has 532 valence electrons. The molecule has 24 nitrogen and oxygen atoms in total. The number of quaternary nitrogens is 1. The number of urea groups is 1. The summed E-state index contributed by atoms with van der Waals surface area (Å²) in [4.78, 5) is 142. The van der Waals surface area contributed by atoms with E-state index >= 15 is 0 Å². The number of nitrogens with one attached hydrogen (secondary N) is 6. The molecule has 11 atom stereocenters. The van der Waals surface area contributed by atoms with E-state index in [2.05, 4.69) is 31.9 Å². The fourth-order valence-electron chi connectivity index (χ4n) is 13.7. The normalized spacial score (nSPS) is 19.7. The number of carbonyl (C=O) groups is 10. The Balaban J connectivity index is 1.43. The molecule has 95 heavy (non-hydrogen) atoms. The van der Waals surface area contributed by atoms with Crippen molar-refractivity contribution in [3.63, 3.8) is 0 Å². The highest BCUT2D eigenvalue weighted by molar-refractivity contribution is 5.97. The topological polar surface area (TPSA) is 320 Å². The first-order chi connectivity index (χ1) is 44.9. The van der Waals surface area contributed by atoms with Crippen molar-refractivity contribution in [3.05, 3.63) is 70.9 Å². The van der Waals surface area contributed by atoms with Crippen LogP contribution in [-0.4, -0.2) is 196 Å². The van der Waals surface area contributed by atoms with E-state index in [1.807, 2.05) is 90.9 Å². The Morgan fingerprint density at radius 2 is 1.35 bits per heavy atom. The van der Waals surface area contributed by atoms with Crippen molar-refractivity contribution in [2.45, 2.75) is 195 Å². The van der Waals surface area contributed by atoms with E-state index in [1.165, 1.54) is 14.2 Å². The number of benzene rings is 2. The molecule has 2 heterocycles. The lowest BCUT2D eigenvalue weighted by molar-refractivity contribution is -0.886. The van der Waals surface area contributed by atoms with Crippen LogP contribution in [0.1, 0.15) is 150 Å². The molecule has 0 radical (unpaired) electrons. The molecule has 2 saturated heterocycles. The van der Waals surface area contributed by atoms with Gasteiger partial charge in [0, 0.05) is 116 Å². The number of likely N-dealkylation sites (N-methyl/N-ethyl adjacent to an activating group) is 2. The molecule has 2 aromatic carbocycles. The van der Waals surface area contributed by atoms with Crippen LogP contribution in [-0.2, 0) is 65.6 Å². The van der Waals surface area contributed by atoms with Gasteiger partial charge >= 0.3 is 6.03 Å². The summed E-state index contributed by atoms with van der Waals surface area (Å²) in [7, 11) is 10.0. The SMILES string of the molecule is CC[C@H](C)[C@@H]([C@@H](CC(=O)N1CCC[C@H]1[C@H](OC)[C@@H](C)C(=O)C[C@@H](Cc1ccccc1)C(=O)NCc1ccc(NC(=O)[C@H](CCCNC(N)=O)CC(=O)[C@@H](NC(=O)CCC[N+]2([O-])CCC(C(=O)NC)CC2)C(C)C)cc1)OC)N(C)C(=O)[C@@H](NC(=O)[C@H](C(C)C)N(C)C)C(C)C. The van der Waals surface area contributed by atoms with Gasteiger partial charge in [0.25, 0.3) is 0 Å². The highest BCUT2D eigenvalue weighted by atomic mass is 16.5. The van der Waals surface area contributed by atoms with E-state index in [1.54, 1.807) is 68.9 Å². The zero-order chi connectivity index (χ0) is 70.9. The lowest BCUT2D eigenvalue weighted by Gasteiger charge is -2.47. The lowest BCUT2D eigenvalue weighted by Crippen LogP contribution is -2.59. The number of anilines is 1. The minimum absolute atomic E-state index is 0.000872. The predicted octanol–water partition coefficient (Wildman–Crippen LogP) is 6.12. The molecule has 0 saturated carbocycles. The summed E-state index contributed by atoms with van der Waals surface area (Å²) in [5, 5.41) is 30.3. The van der Waals surface area contributed by atoms with E-state index in [-0.39, 0.29) is 148 Å². The number of rotatable bonds is 40. The fraction of sp³-hybridized carbons (Fsp3) is 0.690. The number of amides is 9. The highest BCUT2D eigenvalue weighted by Gasteiger charge is 2.44. The maximum atomic E-state index is 14.7. The third-order valence-electron chi connectivity index (χ3n) is 19.4. The van der Waals surface area contributed by atoms with Gasteiger partial charge in [0.05, 0.1) is 62.4 Å².